The number of hydrogen-bond donors (Lipinski definition) is 0. The molecule has 0 aromatic rings. The molecule has 236 valence electrons. The van der Waals surface area contributed by atoms with Gasteiger partial charge in [-0.3, -0.25) is 0 Å². The Hall–Kier alpha value is -0.480. The second kappa shape index (κ2) is 10.3. The summed E-state index contributed by atoms with van der Waals surface area (Å²) in [7, 11) is -13.4. The maximum atomic E-state index is 11.4. The van der Waals surface area contributed by atoms with E-state index in [-0.39, 0.29) is 22.4 Å². The summed E-state index contributed by atoms with van der Waals surface area (Å²) >= 11 is 0. The summed E-state index contributed by atoms with van der Waals surface area (Å²) in [6, 6.07) is 0. The maximum absolute atomic E-state index is 11.4. The van der Waals surface area contributed by atoms with E-state index in [1.165, 1.54) is 77.0 Å². The Morgan fingerprint density at radius 2 is 0.829 bits per heavy atom. The molecule has 0 atom stereocenters. The first-order valence-corrected chi connectivity index (χ1v) is 16.7. The summed E-state index contributed by atoms with van der Waals surface area (Å²) in [5.41, 5.74) is -11.5. The fourth-order valence-electron chi connectivity index (χ4n) is 9.78. The minimum Gasteiger partial charge on any atom is -0.421 e. The molecule has 8 fully saturated rings. The number of halogens is 6. The first-order valence-electron chi connectivity index (χ1n) is 13.8. The molecule has 0 aromatic carbocycles. The van der Waals surface area contributed by atoms with Crippen molar-refractivity contribution in [2.45, 2.75) is 99.1 Å². The van der Waals surface area contributed by atoms with Crippen molar-refractivity contribution in [3.05, 3.63) is 23.2 Å². The third-order valence-electron chi connectivity index (χ3n) is 10.4. The van der Waals surface area contributed by atoms with Crippen molar-refractivity contribution in [1.82, 2.24) is 9.80 Å². The van der Waals surface area contributed by atoms with Crippen molar-refractivity contribution in [2.75, 3.05) is 0 Å². The standard InChI is InChI=1S/C23H32N2.C2F6NO4S2.Au/c1-2-25(23-12-19-6-20(13-23)8-21(7-19)14-23)15-24(1)22-9-16-3-17(10-22)5-18(4-16)11-22;3-1(4,5)14(10,11)9-15(12,13)2(6,7)8;/h1-2,16-21H,3-14H2;;/q;-1;+1. The molecule has 0 N–H and O–H groups in total. The molecule has 0 unspecified atom stereocenters. The average molecular weight is 814 g/mol. The van der Waals surface area contributed by atoms with Crippen LogP contribution >= 0.6 is 0 Å². The van der Waals surface area contributed by atoms with Crippen LogP contribution in [0.2, 0.25) is 0 Å². The van der Waals surface area contributed by atoms with E-state index in [2.05, 4.69) is 28.9 Å². The van der Waals surface area contributed by atoms with Crippen LogP contribution in [-0.2, 0) is 42.4 Å². The summed E-state index contributed by atoms with van der Waals surface area (Å²) < 4.78 is 109. The van der Waals surface area contributed by atoms with Crippen LogP contribution < -0.4 is 0 Å². The van der Waals surface area contributed by atoms with Crippen molar-refractivity contribution in [2.24, 2.45) is 35.5 Å². The smallest absolute Gasteiger partial charge is 0.421 e. The summed E-state index contributed by atoms with van der Waals surface area (Å²) in [5, 5.41) is 0. The van der Waals surface area contributed by atoms with Crippen LogP contribution in [0, 0.1) is 42.2 Å². The van der Waals surface area contributed by atoms with E-state index in [4.69, 9.17) is 0 Å². The molecule has 1 heterocycles. The molecule has 7 nitrogen and oxygen atoms in total. The van der Waals surface area contributed by atoms with Gasteiger partial charge in [0.15, 0.2) is 20.0 Å². The van der Waals surface area contributed by atoms with Crippen molar-refractivity contribution in [1.29, 1.82) is 0 Å². The van der Waals surface area contributed by atoms with E-state index in [1.54, 1.807) is 0 Å². The fourth-order valence-corrected chi connectivity index (χ4v) is 11.5. The van der Waals surface area contributed by atoms with E-state index in [0.29, 0.717) is 11.1 Å². The van der Waals surface area contributed by atoms with E-state index in [9.17, 15) is 43.2 Å². The molecule has 8 saturated carbocycles. The molecule has 1 aliphatic heterocycles. The Morgan fingerprint density at radius 1 is 0.585 bits per heavy atom. The third-order valence-corrected chi connectivity index (χ3v) is 13.1. The first-order chi connectivity index (χ1) is 18.4. The Morgan fingerprint density at radius 3 is 1.05 bits per heavy atom. The molecule has 9 rings (SSSR count). The Bertz CT molecular complexity index is 1110. The van der Waals surface area contributed by atoms with Crippen LogP contribution in [0.4, 0.5) is 26.3 Å². The van der Waals surface area contributed by atoms with Crippen molar-refractivity contribution in [3.63, 3.8) is 0 Å². The Kier molecular flexibility index (Phi) is 8.01. The van der Waals surface area contributed by atoms with E-state index < -0.39 is 31.1 Å². The largest absolute Gasteiger partial charge is 1.00 e. The molecule has 8 bridgehead atoms. The summed E-state index contributed by atoms with van der Waals surface area (Å²) in [6.45, 7) is 3.96. The van der Waals surface area contributed by atoms with Crippen molar-refractivity contribution in [3.8, 4) is 0 Å². The fraction of sp³-hybridized carbons (Fsp3) is 0.880. The second-order valence-corrected chi connectivity index (χ2v) is 16.8. The molecule has 16 heteroatoms. The average Bonchev–Trinajstić information content (AvgIpc) is 3.28. The Balaban J connectivity index is 0.000000186. The van der Waals surface area contributed by atoms with Gasteiger partial charge < -0.3 is 13.9 Å². The van der Waals surface area contributed by atoms with Gasteiger partial charge in [-0.15, -0.1) is 0 Å². The SMILES string of the molecule is O=S(=O)([N-]S(=O)(=O)C(F)(F)F)C(F)(F)F.[Au+].[C]1N(C23CC4CC(CC(C4)C2)C3)C=CN1C12CC3CC(CC(C3)C1)C2. The third kappa shape index (κ3) is 5.73. The number of sulfonamides is 2. The number of nitrogens with zero attached hydrogens (tertiary/aromatic N) is 3. The zero-order valence-corrected chi connectivity index (χ0v) is 25.8. The summed E-state index contributed by atoms with van der Waals surface area (Å²) in [6.07, 6.45) is 22.8. The number of hydrogen-bond acceptors (Lipinski definition) is 6. The van der Waals surface area contributed by atoms with Crippen LogP contribution in [0.5, 0.6) is 0 Å². The molecular weight excluding hydrogens is 781 g/mol. The van der Waals surface area contributed by atoms with Gasteiger partial charge in [-0.2, -0.15) is 26.3 Å². The predicted molar refractivity (Wildman–Crippen MR) is 131 cm³/mol. The number of alkyl halides is 6. The van der Waals surface area contributed by atoms with Crippen LogP contribution in [-0.4, -0.2) is 48.7 Å². The molecule has 0 saturated heterocycles. The van der Waals surface area contributed by atoms with Crippen LogP contribution in [0.25, 0.3) is 4.13 Å². The molecule has 0 spiro atoms. The Labute approximate surface area is 252 Å². The van der Waals surface area contributed by atoms with Gasteiger partial charge in [0.05, 0.1) is 0 Å². The molecule has 8 aliphatic carbocycles. The molecule has 41 heavy (non-hydrogen) atoms. The normalized spacial score (nSPS) is 40.9. The summed E-state index contributed by atoms with van der Waals surface area (Å²) in [4.78, 5) is 5.21. The van der Waals surface area contributed by atoms with Gasteiger partial charge in [0.25, 0.3) is 0 Å². The second-order valence-electron chi connectivity index (χ2n) is 13.3. The molecule has 0 aromatic heterocycles. The summed E-state index contributed by atoms with van der Waals surface area (Å²) in [5.74, 6) is 6.14. The van der Waals surface area contributed by atoms with Crippen molar-refractivity contribution >= 4 is 20.0 Å². The topological polar surface area (TPSA) is 88.9 Å². The van der Waals surface area contributed by atoms with Gasteiger partial charge in [-0.25, -0.2) is 16.8 Å². The van der Waals surface area contributed by atoms with Gasteiger partial charge in [0.1, 0.15) is 0 Å². The monoisotopic (exact) mass is 813 g/mol. The minimum atomic E-state index is -6.72. The van der Waals surface area contributed by atoms with Gasteiger partial charge in [0, 0.05) is 23.5 Å². The maximum Gasteiger partial charge on any atom is 1.00 e. The predicted octanol–water partition coefficient (Wildman–Crippen LogP) is 6.07. The zero-order chi connectivity index (χ0) is 28.9. The zero-order valence-electron chi connectivity index (χ0n) is 22.0. The first kappa shape index (κ1) is 31.9. The number of rotatable bonds is 4. The van der Waals surface area contributed by atoms with Gasteiger partial charge >= 0.3 is 33.4 Å². The molecular formula is C25H32AuF6N3O4S2. The quantitative estimate of drug-likeness (QED) is 0.253. The van der Waals surface area contributed by atoms with E-state index in [0.717, 1.165) is 39.6 Å². The molecule has 0 amide bonds. The van der Waals surface area contributed by atoms with Crippen LogP contribution in [0.1, 0.15) is 77.0 Å². The van der Waals surface area contributed by atoms with Crippen molar-refractivity contribution < 1.29 is 65.6 Å². The van der Waals surface area contributed by atoms with Crippen LogP contribution in [0.3, 0.4) is 0 Å². The van der Waals surface area contributed by atoms with Crippen LogP contribution in [0.15, 0.2) is 12.4 Å². The van der Waals surface area contributed by atoms with Gasteiger partial charge in [-0.1, -0.05) is 0 Å². The molecule has 9 aliphatic rings. The van der Waals surface area contributed by atoms with E-state index in [1.807, 2.05) is 0 Å². The minimum absolute atomic E-state index is 0. The van der Waals surface area contributed by atoms with Gasteiger partial charge in [-0.05, 0) is 113 Å². The van der Waals surface area contributed by atoms with Gasteiger partial charge in [0.2, 0.25) is 6.67 Å². The van der Waals surface area contributed by atoms with E-state index >= 15 is 0 Å². The molecule has 2 radical (unpaired) electrons.